The lowest BCUT2D eigenvalue weighted by Gasteiger charge is -2.02. The van der Waals surface area contributed by atoms with Gasteiger partial charge in [0.25, 0.3) is 5.56 Å². The van der Waals surface area contributed by atoms with Crippen LogP contribution in [0.15, 0.2) is 28.1 Å². The van der Waals surface area contributed by atoms with Gasteiger partial charge in [-0.2, -0.15) is 14.9 Å². The van der Waals surface area contributed by atoms with Gasteiger partial charge in [0.15, 0.2) is 0 Å². The van der Waals surface area contributed by atoms with Crippen molar-refractivity contribution in [2.24, 2.45) is 5.10 Å². The molecule has 1 heterocycles. The number of carboxylic acid groups (broad SMARTS) is 1. The first-order chi connectivity index (χ1) is 10.9. The minimum absolute atomic E-state index is 0.0181. The standard InChI is InChI=1S/C13H10Cl2N4O3S/c14-8-2-1-7(9(15)5-8)6-16-19-12(22)10(3-4-11(20)21)17-18-13(19)23/h1-2,5-6H,3-4H2,(H,18,23)(H,20,21)/b16-6-. The van der Waals surface area contributed by atoms with Gasteiger partial charge in [-0.1, -0.05) is 29.3 Å². The number of carboxylic acids is 1. The summed E-state index contributed by atoms with van der Waals surface area (Å²) in [5, 5.41) is 19.7. The van der Waals surface area contributed by atoms with Crippen LogP contribution in [-0.4, -0.2) is 32.2 Å². The van der Waals surface area contributed by atoms with Crippen LogP contribution in [0.25, 0.3) is 0 Å². The Hall–Kier alpha value is -2.03. The Bertz CT molecular complexity index is 892. The normalized spacial score (nSPS) is 11.0. The number of hydrogen-bond donors (Lipinski definition) is 2. The molecule has 0 aliphatic carbocycles. The molecule has 1 aromatic carbocycles. The van der Waals surface area contributed by atoms with E-state index in [1.165, 1.54) is 6.21 Å². The molecule has 0 spiro atoms. The number of halogens is 2. The second-order valence-electron chi connectivity index (χ2n) is 4.40. The zero-order valence-corrected chi connectivity index (χ0v) is 13.8. The highest BCUT2D eigenvalue weighted by atomic mass is 35.5. The van der Waals surface area contributed by atoms with Crippen molar-refractivity contribution in [2.45, 2.75) is 12.8 Å². The fraction of sp³-hybridized carbons (Fsp3) is 0.154. The number of aromatic nitrogens is 3. The quantitative estimate of drug-likeness (QED) is 0.620. The highest BCUT2D eigenvalue weighted by Crippen LogP contribution is 2.19. The van der Waals surface area contributed by atoms with E-state index >= 15 is 0 Å². The Balaban J connectivity index is 2.37. The summed E-state index contributed by atoms with van der Waals surface area (Å²) in [6.07, 6.45) is 1.10. The first-order valence-corrected chi connectivity index (χ1v) is 7.46. The van der Waals surface area contributed by atoms with Crippen molar-refractivity contribution >= 4 is 47.6 Å². The van der Waals surface area contributed by atoms with Crippen molar-refractivity contribution in [3.8, 4) is 0 Å². The Morgan fingerprint density at radius 1 is 1.48 bits per heavy atom. The van der Waals surface area contributed by atoms with Crippen molar-refractivity contribution in [3.05, 3.63) is 54.6 Å². The summed E-state index contributed by atoms with van der Waals surface area (Å²) in [6.45, 7) is 0. The largest absolute Gasteiger partial charge is 0.481 e. The maximum Gasteiger partial charge on any atom is 0.303 e. The molecule has 2 rings (SSSR count). The van der Waals surface area contributed by atoms with E-state index in [0.29, 0.717) is 15.6 Å². The van der Waals surface area contributed by atoms with Gasteiger partial charge in [0.05, 0.1) is 17.7 Å². The maximum atomic E-state index is 12.2. The van der Waals surface area contributed by atoms with Gasteiger partial charge >= 0.3 is 5.97 Å². The second-order valence-corrected chi connectivity index (χ2v) is 5.63. The molecule has 120 valence electrons. The molecule has 10 heteroatoms. The summed E-state index contributed by atoms with van der Waals surface area (Å²) < 4.78 is 0.903. The topological polar surface area (TPSA) is 100 Å². The summed E-state index contributed by atoms with van der Waals surface area (Å²) in [6, 6.07) is 4.81. The number of nitrogens with zero attached hydrogens (tertiary/aromatic N) is 3. The van der Waals surface area contributed by atoms with Gasteiger partial charge in [-0.05, 0) is 24.4 Å². The molecule has 2 aromatic rings. The lowest BCUT2D eigenvalue weighted by molar-refractivity contribution is -0.136. The molecular weight excluding hydrogens is 363 g/mol. The monoisotopic (exact) mass is 372 g/mol. The number of H-pyrrole nitrogens is 1. The maximum absolute atomic E-state index is 12.2. The number of nitrogens with one attached hydrogen (secondary N) is 1. The van der Waals surface area contributed by atoms with E-state index in [4.69, 9.17) is 40.5 Å². The minimum Gasteiger partial charge on any atom is -0.481 e. The number of aromatic amines is 1. The van der Waals surface area contributed by atoms with Crippen molar-refractivity contribution in [2.75, 3.05) is 0 Å². The fourth-order valence-corrected chi connectivity index (χ4v) is 2.28. The highest BCUT2D eigenvalue weighted by Gasteiger charge is 2.09. The van der Waals surface area contributed by atoms with E-state index in [9.17, 15) is 9.59 Å². The molecule has 0 amide bonds. The molecule has 0 atom stereocenters. The molecule has 0 bridgehead atoms. The van der Waals surface area contributed by atoms with Crippen molar-refractivity contribution in [1.29, 1.82) is 0 Å². The van der Waals surface area contributed by atoms with E-state index in [2.05, 4.69) is 15.3 Å². The summed E-state index contributed by atoms with van der Waals surface area (Å²) >= 11 is 16.8. The molecule has 1 aromatic heterocycles. The number of hydrogen-bond acceptors (Lipinski definition) is 5. The summed E-state index contributed by atoms with van der Waals surface area (Å²) in [4.78, 5) is 22.8. The van der Waals surface area contributed by atoms with E-state index in [0.717, 1.165) is 4.68 Å². The van der Waals surface area contributed by atoms with E-state index in [1.807, 2.05) is 0 Å². The third kappa shape index (κ3) is 4.47. The molecule has 0 saturated carbocycles. The van der Waals surface area contributed by atoms with Gasteiger partial charge in [-0.15, -0.1) is 0 Å². The molecule has 0 fully saturated rings. The van der Waals surface area contributed by atoms with Crippen LogP contribution in [0.2, 0.25) is 10.0 Å². The van der Waals surface area contributed by atoms with Crippen LogP contribution < -0.4 is 5.56 Å². The van der Waals surface area contributed by atoms with Gasteiger partial charge in [0.1, 0.15) is 5.69 Å². The average molecular weight is 373 g/mol. The smallest absolute Gasteiger partial charge is 0.303 e. The van der Waals surface area contributed by atoms with Crippen LogP contribution in [0.1, 0.15) is 17.7 Å². The van der Waals surface area contributed by atoms with Crippen molar-refractivity contribution in [3.63, 3.8) is 0 Å². The van der Waals surface area contributed by atoms with Gasteiger partial charge in [-0.3, -0.25) is 14.7 Å². The number of aryl methyl sites for hydroxylation is 1. The molecule has 0 saturated heterocycles. The zero-order valence-electron chi connectivity index (χ0n) is 11.5. The Morgan fingerprint density at radius 3 is 2.87 bits per heavy atom. The minimum atomic E-state index is -1.03. The Labute approximate surface area is 145 Å². The van der Waals surface area contributed by atoms with Crippen LogP contribution in [0.5, 0.6) is 0 Å². The van der Waals surface area contributed by atoms with Gasteiger partial charge < -0.3 is 5.11 Å². The van der Waals surface area contributed by atoms with Crippen LogP contribution in [0, 0.1) is 4.77 Å². The predicted octanol–water partition coefficient (Wildman–Crippen LogP) is 2.51. The molecule has 23 heavy (non-hydrogen) atoms. The summed E-state index contributed by atoms with van der Waals surface area (Å²) in [5.74, 6) is -1.03. The number of aliphatic carboxylic acids is 1. The fourth-order valence-electron chi connectivity index (χ4n) is 1.64. The molecular formula is C13H10Cl2N4O3S. The van der Waals surface area contributed by atoms with Gasteiger partial charge in [0.2, 0.25) is 4.77 Å². The van der Waals surface area contributed by atoms with E-state index in [1.54, 1.807) is 18.2 Å². The third-order valence-corrected chi connectivity index (χ3v) is 3.60. The lowest BCUT2D eigenvalue weighted by Crippen LogP contribution is -2.25. The van der Waals surface area contributed by atoms with Gasteiger partial charge in [0, 0.05) is 17.0 Å². The first-order valence-electron chi connectivity index (χ1n) is 6.30. The predicted molar refractivity (Wildman–Crippen MR) is 89.1 cm³/mol. The second kappa shape index (κ2) is 7.49. The molecule has 0 aliphatic heterocycles. The molecule has 7 nitrogen and oxygen atoms in total. The lowest BCUT2D eigenvalue weighted by atomic mass is 10.2. The molecule has 0 unspecified atom stereocenters. The van der Waals surface area contributed by atoms with E-state index < -0.39 is 11.5 Å². The molecule has 2 N–H and O–H groups in total. The molecule has 0 radical (unpaired) electrons. The van der Waals surface area contributed by atoms with Crippen LogP contribution in [0.4, 0.5) is 0 Å². The average Bonchev–Trinajstić information content (AvgIpc) is 2.48. The summed E-state index contributed by atoms with van der Waals surface area (Å²) in [5.41, 5.74) is -0.0158. The van der Waals surface area contributed by atoms with Crippen LogP contribution in [0.3, 0.4) is 0 Å². The first kappa shape index (κ1) is 17.3. The zero-order chi connectivity index (χ0) is 17.0. The van der Waals surface area contributed by atoms with E-state index in [-0.39, 0.29) is 23.3 Å². The summed E-state index contributed by atoms with van der Waals surface area (Å²) in [7, 11) is 0. The Kier molecular flexibility index (Phi) is 5.64. The Morgan fingerprint density at radius 2 is 2.22 bits per heavy atom. The number of benzene rings is 1. The van der Waals surface area contributed by atoms with Crippen molar-refractivity contribution in [1.82, 2.24) is 14.9 Å². The van der Waals surface area contributed by atoms with Crippen molar-refractivity contribution < 1.29 is 9.90 Å². The SMILES string of the molecule is O=C(O)CCc1n[nH]c(=S)n(/N=C\c2ccc(Cl)cc2Cl)c1=O. The number of rotatable bonds is 5. The van der Waals surface area contributed by atoms with Crippen LogP contribution in [-0.2, 0) is 11.2 Å². The highest BCUT2D eigenvalue weighted by molar-refractivity contribution is 7.71. The number of carbonyl (C=O) groups is 1. The van der Waals surface area contributed by atoms with Gasteiger partial charge in [-0.25, -0.2) is 0 Å². The molecule has 0 aliphatic rings. The third-order valence-electron chi connectivity index (χ3n) is 2.77. The van der Waals surface area contributed by atoms with Crippen LogP contribution >= 0.6 is 35.4 Å².